The Labute approximate surface area is 314 Å². The van der Waals surface area contributed by atoms with Crippen molar-refractivity contribution < 1.29 is 33.9 Å². The number of rotatable bonds is 25. The number of hydrogen-bond acceptors (Lipinski definition) is 8. The zero-order valence-corrected chi connectivity index (χ0v) is 30.5. The first-order chi connectivity index (χ1) is 26.2. The molecule has 280 valence electrons. The molecule has 53 heavy (non-hydrogen) atoms. The molecule has 0 aliphatic carbocycles. The van der Waals surface area contributed by atoms with E-state index in [1.807, 2.05) is 91.0 Å². The molecule has 0 aliphatic rings. The van der Waals surface area contributed by atoms with Crippen molar-refractivity contribution in [3.63, 3.8) is 0 Å². The van der Waals surface area contributed by atoms with Crippen LogP contribution in [0.25, 0.3) is 0 Å². The van der Waals surface area contributed by atoms with E-state index in [0.29, 0.717) is 65.9 Å². The molecule has 0 amide bonds. The Morgan fingerprint density at radius 1 is 0.396 bits per heavy atom. The van der Waals surface area contributed by atoms with Crippen molar-refractivity contribution in [1.29, 1.82) is 0 Å². The van der Waals surface area contributed by atoms with Gasteiger partial charge in [0.15, 0.2) is 5.72 Å². The molecule has 0 saturated carbocycles. The summed E-state index contributed by atoms with van der Waals surface area (Å²) in [6.45, 7) is 4.50. The van der Waals surface area contributed by atoms with Gasteiger partial charge in [-0.25, -0.2) is 0 Å². The van der Waals surface area contributed by atoms with Crippen molar-refractivity contribution in [2.75, 3.05) is 72.7 Å². The number of nitrogens with zero attached hydrogens (tertiary/aromatic N) is 1. The zero-order valence-electron chi connectivity index (χ0n) is 30.5. The highest BCUT2D eigenvalue weighted by Crippen LogP contribution is 2.50. The van der Waals surface area contributed by atoms with Gasteiger partial charge in [-0.15, -0.1) is 0 Å². The van der Waals surface area contributed by atoms with Crippen LogP contribution in [0, 0.1) is 0 Å². The summed E-state index contributed by atoms with van der Waals surface area (Å²) in [4.78, 5) is 2.17. The molecule has 0 saturated heterocycles. The second-order valence-electron chi connectivity index (χ2n) is 12.7. The van der Waals surface area contributed by atoms with Crippen LogP contribution in [0.5, 0.6) is 0 Å². The quantitative estimate of drug-likeness (QED) is 0.0403. The van der Waals surface area contributed by atoms with Crippen LogP contribution in [-0.2, 0) is 42.2 Å². The van der Waals surface area contributed by atoms with Gasteiger partial charge in [0.05, 0.1) is 78.1 Å². The van der Waals surface area contributed by atoms with Gasteiger partial charge in [-0.2, -0.15) is 0 Å². The largest absolute Gasteiger partial charge is 0.394 e. The minimum absolute atomic E-state index is 0.00578. The van der Waals surface area contributed by atoms with Crippen molar-refractivity contribution in [1.82, 2.24) is 4.90 Å². The molecule has 5 aromatic rings. The summed E-state index contributed by atoms with van der Waals surface area (Å²) < 4.78 is 28.7. The van der Waals surface area contributed by atoms with E-state index in [-0.39, 0.29) is 19.8 Å². The summed E-state index contributed by atoms with van der Waals surface area (Å²) in [5.41, 5.74) is 2.30. The summed E-state index contributed by atoms with van der Waals surface area (Å²) in [7, 11) is 0. The molecule has 5 rings (SSSR count). The standard InChI is InChI=1S/C45H53NO7/c47-26-27-49-28-29-50-30-31-51-32-33-52-34-35-53-38-44(48,46(36-39-16-6-1-7-17-39)37-40-18-8-2-9-19-40)45(41-20-10-3-11-21-41,42-22-12-4-13-23-42)43-24-14-5-15-25-43/h1-25,47-48H,26-38H2. The molecule has 0 aromatic heterocycles. The smallest absolute Gasteiger partial charge is 0.160 e. The number of aliphatic hydroxyl groups excluding tert-OH is 1. The van der Waals surface area contributed by atoms with E-state index >= 15 is 0 Å². The van der Waals surface area contributed by atoms with E-state index in [1.165, 1.54) is 0 Å². The average molecular weight is 720 g/mol. The molecule has 2 N–H and O–H groups in total. The van der Waals surface area contributed by atoms with Gasteiger partial charge in [0, 0.05) is 13.1 Å². The second-order valence-corrected chi connectivity index (χ2v) is 12.7. The maximum atomic E-state index is 14.0. The van der Waals surface area contributed by atoms with Crippen LogP contribution in [0.2, 0.25) is 0 Å². The molecular formula is C45H53NO7. The van der Waals surface area contributed by atoms with Gasteiger partial charge in [-0.05, 0) is 27.8 Å². The van der Waals surface area contributed by atoms with Gasteiger partial charge in [-0.1, -0.05) is 152 Å². The summed E-state index contributed by atoms with van der Waals surface area (Å²) in [6, 6.07) is 51.4. The Kier molecular flexibility index (Phi) is 16.7. The van der Waals surface area contributed by atoms with Crippen molar-refractivity contribution >= 4 is 0 Å². The van der Waals surface area contributed by atoms with Crippen molar-refractivity contribution in [3.05, 3.63) is 179 Å². The number of aliphatic hydroxyl groups is 2. The highest BCUT2D eigenvalue weighted by molar-refractivity contribution is 5.54. The van der Waals surface area contributed by atoms with Crippen LogP contribution < -0.4 is 0 Å². The maximum absolute atomic E-state index is 14.0. The Morgan fingerprint density at radius 3 is 1.04 bits per heavy atom. The molecule has 0 bridgehead atoms. The van der Waals surface area contributed by atoms with Gasteiger partial charge >= 0.3 is 0 Å². The van der Waals surface area contributed by atoms with Crippen molar-refractivity contribution in [3.8, 4) is 0 Å². The molecule has 0 fully saturated rings. The maximum Gasteiger partial charge on any atom is 0.160 e. The molecule has 1 unspecified atom stereocenters. The highest BCUT2D eigenvalue weighted by Gasteiger charge is 2.57. The van der Waals surface area contributed by atoms with Crippen LogP contribution in [0.4, 0.5) is 0 Å². The summed E-state index contributed by atoms with van der Waals surface area (Å²) in [5.74, 6) is 0. The monoisotopic (exact) mass is 719 g/mol. The third kappa shape index (κ3) is 11.1. The first kappa shape index (κ1) is 40.0. The molecule has 0 radical (unpaired) electrons. The fraction of sp³-hybridized carbons (Fsp3) is 0.333. The molecule has 8 heteroatoms. The third-order valence-electron chi connectivity index (χ3n) is 9.20. The molecule has 0 spiro atoms. The summed E-state index contributed by atoms with van der Waals surface area (Å²) in [6.07, 6.45) is 0. The molecule has 0 heterocycles. The average Bonchev–Trinajstić information content (AvgIpc) is 3.21. The zero-order chi connectivity index (χ0) is 36.9. The van der Waals surface area contributed by atoms with Crippen LogP contribution in [-0.4, -0.2) is 93.5 Å². The Morgan fingerprint density at radius 2 is 0.698 bits per heavy atom. The molecule has 1 atom stereocenters. The number of hydrogen-bond donors (Lipinski definition) is 2. The predicted octanol–water partition coefficient (Wildman–Crippen LogP) is 6.49. The lowest BCUT2D eigenvalue weighted by Crippen LogP contribution is -2.65. The van der Waals surface area contributed by atoms with Gasteiger partial charge in [0.1, 0.15) is 0 Å². The van der Waals surface area contributed by atoms with E-state index in [9.17, 15) is 5.11 Å². The second kappa shape index (κ2) is 22.1. The minimum Gasteiger partial charge on any atom is -0.394 e. The first-order valence-electron chi connectivity index (χ1n) is 18.4. The molecule has 8 nitrogen and oxygen atoms in total. The normalized spacial score (nSPS) is 12.9. The lowest BCUT2D eigenvalue weighted by molar-refractivity contribution is -0.191. The van der Waals surface area contributed by atoms with Gasteiger partial charge in [0.2, 0.25) is 0 Å². The fourth-order valence-corrected chi connectivity index (χ4v) is 6.78. The number of ether oxygens (including phenoxy) is 5. The Bertz CT molecular complexity index is 1520. The SMILES string of the molecule is OCCOCCOCCOCCOCCOCC(O)(N(Cc1ccccc1)Cc1ccccc1)C(c1ccccc1)(c1ccccc1)c1ccccc1. The fourth-order valence-electron chi connectivity index (χ4n) is 6.78. The number of benzene rings is 5. The minimum atomic E-state index is -1.62. The van der Waals surface area contributed by atoms with E-state index in [2.05, 4.69) is 65.6 Å². The lowest BCUT2D eigenvalue weighted by Gasteiger charge is -2.54. The molecular weight excluding hydrogens is 666 g/mol. The Balaban J connectivity index is 1.42. The van der Waals surface area contributed by atoms with Crippen molar-refractivity contribution in [2.24, 2.45) is 0 Å². The summed E-state index contributed by atoms with van der Waals surface area (Å²) >= 11 is 0. The molecule has 5 aromatic carbocycles. The van der Waals surface area contributed by atoms with E-state index in [0.717, 1.165) is 27.8 Å². The van der Waals surface area contributed by atoms with E-state index in [4.69, 9.17) is 28.8 Å². The third-order valence-corrected chi connectivity index (χ3v) is 9.20. The lowest BCUT2D eigenvalue weighted by atomic mass is 9.62. The molecule has 0 aliphatic heterocycles. The Hall–Kier alpha value is -4.22. The highest BCUT2D eigenvalue weighted by atomic mass is 16.6. The van der Waals surface area contributed by atoms with E-state index < -0.39 is 11.1 Å². The van der Waals surface area contributed by atoms with Gasteiger partial charge in [-0.3, -0.25) is 4.90 Å². The summed E-state index contributed by atoms with van der Waals surface area (Å²) in [5, 5.41) is 22.7. The van der Waals surface area contributed by atoms with Crippen LogP contribution in [0.1, 0.15) is 27.8 Å². The topological polar surface area (TPSA) is 89.9 Å². The van der Waals surface area contributed by atoms with Crippen molar-refractivity contribution in [2.45, 2.75) is 24.2 Å². The predicted molar refractivity (Wildman–Crippen MR) is 207 cm³/mol. The van der Waals surface area contributed by atoms with E-state index in [1.54, 1.807) is 0 Å². The van der Waals surface area contributed by atoms with Crippen LogP contribution in [0.15, 0.2) is 152 Å². The van der Waals surface area contributed by atoms with Gasteiger partial charge < -0.3 is 33.9 Å². The van der Waals surface area contributed by atoms with Crippen LogP contribution >= 0.6 is 0 Å². The first-order valence-corrected chi connectivity index (χ1v) is 18.4. The van der Waals surface area contributed by atoms with Crippen LogP contribution in [0.3, 0.4) is 0 Å². The van der Waals surface area contributed by atoms with Gasteiger partial charge in [0.25, 0.3) is 0 Å².